The van der Waals surface area contributed by atoms with Gasteiger partial charge in [0.1, 0.15) is 11.5 Å². The summed E-state index contributed by atoms with van der Waals surface area (Å²) >= 11 is 0. The average Bonchev–Trinajstić information content (AvgIpc) is 3.24. The summed E-state index contributed by atoms with van der Waals surface area (Å²) in [6, 6.07) is 18.2. The van der Waals surface area contributed by atoms with Gasteiger partial charge in [-0.1, -0.05) is 41.6 Å². The van der Waals surface area contributed by atoms with Crippen molar-refractivity contribution in [3.05, 3.63) is 71.9 Å². The number of rotatable bonds is 9. The van der Waals surface area contributed by atoms with Gasteiger partial charge in [-0.3, -0.25) is 4.90 Å². The lowest BCUT2D eigenvalue weighted by atomic mass is 9.99. The van der Waals surface area contributed by atoms with Gasteiger partial charge in [0.05, 0.1) is 20.3 Å². The van der Waals surface area contributed by atoms with Crippen LogP contribution in [0.25, 0.3) is 0 Å². The van der Waals surface area contributed by atoms with Crippen LogP contribution in [0.1, 0.15) is 30.1 Å². The molecule has 0 bridgehead atoms. The molecule has 4 rings (SSSR count). The van der Waals surface area contributed by atoms with E-state index in [0.29, 0.717) is 25.0 Å². The Labute approximate surface area is 177 Å². The molecule has 1 fully saturated rings. The Morgan fingerprint density at radius 2 is 1.93 bits per heavy atom. The first-order chi connectivity index (χ1) is 14.8. The molecule has 0 saturated carbocycles. The van der Waals surface area contributed by atoms with Gasteiger partial charge in [0.15, 0.2) is 5.82 Å². The van der Waals surface area contributed by atoms with Crippen molar-refractivity contribution >= 4 is 0 Å². The zero-order chi connectivity index (χ0) is 20.6. The summed E-state index contributed by atoms with van der Waals surface area (Å²) in [5.41, 5.74) is 1.29. The van der Waals surface area contributed by atoms with Crippen molar-refractivity contribution < 1.29 is 14.0 Å². The number of methoxy groups -OCH3 is 1. The molecule has 2 aromatic carbocycles. The second kappa shape index (κ2) is 10.3. The minimum absolute atomic E-state index is 0.491. The van der Waals surface area contributed by atoms with Crippen molar-refractivity contribution in [2.24, 2.45) is 5.92 Å². The third-order valence-electron chi connectivity index (χ3n) is 5.48. The summed E-state index contributed by atoms with van der Waals surface area (Å²) < 4.78 is 16.8. The molecular weight excluding hydrogens is 378 g/mol. The minimum Gasteiger partial charge on any atom is -0.497 e. The van der Waals surface area contributed by atoms with E-state index in [9.17, 15) is 0 Å². The van der Waals surface area contributed by atoms with Crippen LogP contribution in [0.4, 0.5) is 0 Å². The average molecular weight is 408 g/mol. The van der Waals surface area contributed by atoms with E-state index in [2.05, 4.69) is 39.3 Å². The molecule has 6 heteroatoms. The smallest absolute Gasteiger partial charge is 0.240 e. The predicted molar refractivity (Wildman–Crippen MR) is 115 cm³/mol. The number of hydrogen-bond donors (Lipinski definition) is 0. The third kappa shape index (κ3) is 5.83. The first kappa shape index (κ1) is 20.4. The molecule has 0 N–H and O–H groups in total. The van der Waals surface area contributed by atoms with Crippen LogP contribution in [0.5, 0.6) is 11.5 Å². The van der Waals surface area contributed by atoms with E-state index in [4.69, 9.17) is 14.0 Å². The fourth-order valence-corrected chi connectivity index (χ4v) is 3.88. The van der Waals surface area contributed by atoms with Gasteiger partial charge < -0.3 is 14.0 Å². The number of aromatic nitrogens is 2. The van der Waals surface area contributed by atoms with Crippen molar-refractivity contribution in [2.75, 3.05) is 26.8 Å². The molecule has 158 valence electrons. The quantitative estimate of drug-likeness (QED) is 0.531. The molecule has 0 unspecified atom stereocenters. The fourth-order valence-electron chi connectivity index (χ4n) is 3.88. The fraction of sp³-hybridized carbons (Fsp3) is 0.417. The summed E-state index contributed by atoms with van der Waals surface area (Å²) in [6.07, 6.45) is 4.05. The first-order valence-electron chi connectivity index (χ1n) is 10.6. The molecule has 3 aromatic rings. The number of likely N-dealkylation sites (tertiary alicyclic amines) is 1. The summed E-state index contributed by atoms with van der Waals surface area (Å²) in [6.45, 7) is 3.44. The van der Waals surface area contributed by atoms with Gasteiger partial charge in [0.2, 0.25) is 5.89 Å². The number of hydrogen-bond acceptors (Lipinski definition) is 6. The Morgan fingerprint density at radius 1 is 1.07 bits per heavy atom. The topological polar surface area (TPSA) is 60.6 Å². The van der Waals surface area contributed by atoms with E-state index >= 15 is 0 Å². The Morgan fingerprint density at radius 3 is 2.80 bits per heavy atom. The molecule has 6 nitrogen and oxygen atoms in total. The van der Waals surface area contributed by atoms with Crippen LogP contribution in [0.15, 0.2) is 59.1 Å². The molecule has 0 aliphatic carbocycles. The first-order valence-corrected chi connectivity index (χ1v) is 10.6. The molecule has 0 radical (unpaired) electrons. The molecule has 2 heterocycles. The molecule has 0 amide bonds. The molecular formula is C24H29N3O3. The third-order valence-corrected chi connectivity index (χ3v) is 5.48. The lowest BCUT2D eigenvalue weighted by molar-refractivity contribution is 0.115. The van der Waals surface area contributed by atoms with Crippen LogP contribution in [0, 0.1) is 5.92 Å². The molecule has 1 saturated heterocycles. The number of piperidine rings is 1. The number of aryl methyl sites for hydroxylation is 2. The van der Waals surface area contributed by atoms with Crippen LogP contribution >= 0.6 is 0 Å². The monoisotopic (exact) mass is 407 g/mol. The highest BCUT2D eigenvalue weighted by Crippen LogP contribution is 2.22. The van der Waals surface area contributed by atoms with Gasteiger partial charge in [0, 0.05) is 24.9 Å². The Bertz CT molecular complexity index is 913. The zero-order valence-corrected chi connectivity index (χ0v) is 17.5. The van der Waals surface area contributed by atoms with E-state index in [1.54, 1.807) is 7.11 Å². The van der Waals surface area contributed by atoms with Crippen LogP contribution in [0.2, 0.25) is 0 Å². The van der Waals surface area contributed by atoms with Gasteiger partial charge in [-0.25, -0.2) is 0 Å². The molecule has 1 aliphatic heterocycles. The van der Waals surface area contributed by atoms with Crippen LogP contribution in [-0.4, -0.2) is 41.8 Å². The van der Waals surface area contributed by atoms with E-state index in [-0.39, 0.29) is 0 Å². The van der Waals surface area contributed by atoms with Gasteiger partial charge in [0.25, 0.3) is 0 Å². The standard InChI is InChI=1S/C24H29N3O3/c1-28-21-10-5-11-22(15-21)29-18-20-9-6-14-27(16-20)17-24-25-23(26-30-24)13-12-19-7-3-2-4-8-19/h2-5,7-8,10-11,15,20H,6,9,12-14,16-18H2,1H3/t20-/m1/s1. The highest BCUT2D eigenvalue weighted by Gasteiger charge is 2.22. The molecule has 0 spiro atoms. The Hall–Kier alpha value is -2.86. The van der Waals surface area contributed by atoms with Crippen molar-refractivity contribution in [1.29, 1.82) is 0 Å². The van der Waals surface area contributed by atoms with E-state index < -0.39 is 0 Å². The Balaban J connectivity index is 1.24. The number of nitrogens with zero attached hydrogens (tertiary/aromatic N) is 3. The molecule has 1 atom stereocenters. The molecule has 30 heavy (non-hydrogen) atoms. The maximum atomic E-state index is 6.01. The number of benzene rings is 2. The van der Waals surface area contributed by atoms with Crippen molar-refractivity contribution in [2.45, 2.75) is 32.2 Å². The normalized spacial score (nSPS) is 17.0. The van der Waals surface area contributed by atoms with Crippen molar-refractivity contribution in [3.63, 3.8) is 0 Å². The van der Waals surface area contributed by atoms with Gasteiger partial charge in [-0.15, -0.1) is 0 Å². The summed E-state index contributed by atoms with van der Waals surface area (Å²) in [5, 5.41) is 4.16. The summed E-state index contributed by atoms with van der Waals surface area (Å²) in [4.78, 5) is 6.98. The molecule has 1 aromatic heterocycles. The van der Waals surface area contributed by atoms with E-state index in [1.807, 2.05) is 30.3 Å². The lowest BCUT2D eigenvalue weighted by Gasteiger charge is -2.31. The second-order valence-electron chi connectivity index (χ2n) is 7.82. The van der Waals surface area contributed by atoms with Gasteiger partial charge in [-0.2, -0.15) is 4.98 Å². The predicted octanol–water partition coefficient (Wildman–Crippen LogP) is 4.15. The summed E-state index contributed by atoms with van der Waals surface area (Å²) in [7, 11) is 1.67. The summed E-state index contributed by atoms with van der Waals surface area (Å²) in [5.74, 6) is 3.64. The molecule has 1 aliphatic rings. The van der Waals surface area contributed by atoms with E-state index in [0.717, 1.165) is 49.7 Å². The van der Waals surface area contributed by atoms with Crippen LogP contribution in [0.3, 0.4) is 0 Å². The highest BCUT2D eigenvalue weighted by molar-refractivity contribution is 5.32. The number of ether oxygens (including phenoxy) is 2. The van der Waals surface area contributed by atoms with Crippen molar-refractivity contribution in [3.8, 4) is 11.5 Å². The van der Waals surface area contributed by atoms with Gasteiger partial charge in [-0.05, 0) is 43.5 Å². The van der Waals surface area contributed by atoms with Crippen molar-refractivity contribution in [1.82, 2.24) is 15.0 Å². The maximum Gasteiger partial charge on any atom is 0.240 e. The second-order valence-corrected chi connectivity index (χ2v) is 7.82. The largest absolute Gasteiger partial charge is 0.497 e. The van der Waals surface area contributed by atoms with Gasteiger partial charge >= 0.3 is 0 Å². The maximum absolute atomic E-state index is 6.01. The van der Waals surface area contributed by atoms with Crippen LogP contribution in [-0.2, 0) is 19.4 Å². The SMILES string of the molecule is COc1cccc(OC[C@@H]2CCCN(Cc3nc(CCc4ccccc4)no3)C2)c1. The minimum atomic E-state index is 0.491. The van der Waals surface area contributed by atoms with E-state index in [1.165, 1.54) is 12.0 Å². The van der Waals surface area contributed by atoms with Crippen LogP contribution < -0.4 is 9.47 Å². The lowest BCUT2D eigenvalue weighted by Crippen LogP contribution is -2.37. The highest BCUT2D eigenvalue weighted by atomic mass is 16.5. The zero-order valence-electron chi connectivity index (χ0n) is 17.5. The Kier molecular flexibility index (Phi) is 6.98.